The molecule has 1 aliphatic heterocycles. The Balaban J connectivity index is 2.79. The van der Waals surface area contributed by atoms with Crippen molar-refractivity contribution in [3.63, 3.8) is 0 Å². The van der Waals surface area contributed by atoms with Gasteiger partial charge < -0.3 is 4.90 Å². The number of sulfone groups is 1. The number of carbonyl (C=O) groups is 1. The molecule has 0 radical (unpaired) electrons. The third-order valence-electron chi connectivity index (χ3n) is 2.49. The van der Waals surface area contributed by atoms with Crippen molar-refractivity contribution in [3.8, 4) is 0 Å². The molecule has 1 saturated heterocycles. The fraction of sp³-hybridized carbons (Fsp3) is 0.889. The van der Waals surface area contributed by atoms with Crippen LogP contribution in [0.1, 0.15) is 27.2 Å². The lowest BCUT2D eigenvalue weighted by atomic mass is 10.0. The minimum Gasteiger partial charge on any atom is -0.336 e. The van der Waals surface area contributed by atoms with Crippen LogP contribution in [0.2, 0.25) is 0 Å². The zero-order valence-corrected chi connectivity index (χ0v) is 9.67. The van der Waals surface area contributed by atoms with Gasteiger partial charge in [-0.2, -0.15) is 0 Å². The first-order chi connectivity index (χ1) is 6.26. The van der Waals surface area contributed by atoms with Gasteiger partial charge in [0, 0.05) is 11.6 Å². The number of rotatable bonds is 2. The van der Waals surface area contributed by atoms with Gasteiger partial charge in [0.25, 0.3) is 0 Å². The Morgan fingerprint density at radius 3 is 2.21 bits per heavy atom. The van der Waals surface area contributed by atoms with E-state index in [1.807, 2.05) is 20.8 Å². The van der Waals surface area contributed by atoms with Gasteiger partial charge in [-0.25, -0.2) is 8.42 Å². The second-order valence-electron chi connectivity index (χ2n) is 4.74. The van der Waals surface area contributed by atoms with Crippen molar-refractivity contribution >= 4 is 16.2 Å². The molecule has 1 amide bonds. The summed E-state index contributed by atoms with van der Waals surface area (Å²) in [6, 6.07) is -0.141. The molecule has 1 atom stereocenters. The maximum absolute atomic E-state index is 11.2. The van der Waals surface area contributed by atoms with Crippen molar-refractivity contribution in [1.29, 1.82) is 0 Å². The standard InChI is InChI=1S/C9H17NO3S/c1-9(2,3)10(7-11)8-4-5-14(12,13)6-8/h7-8H,4-6H2,1-3H3/t8-/m0/s1. The number of hydrogen-bond acceptors (Lipinski definition) is 3. The molecular formula is C9H17NO3S. The van der Waals surface area contributed by atoms with Crippen LogP contribution < -0.4 is 0 Å². The van der Waals surface area contributed by atoms with Crippen LogP contribution in [0.4, 0.5) is 0 Å². The van der Waals surface area contributed by atoms with Crippen LogP contribution in [0.25, 0.3) is 0 Å². The molecule has 0 bridgehead atoms. The third-order valence-corrected chi connectivity index (χ3v) is 4.24. The molecule has 82 valence electrons. The highest BCUT2D eigenvalue weighted by atomic mass is 32.2. The molecule has 1 rings (SSSR count). The Morgan fingerprint density at radius 2 is 1.93 bits per heavy atom. The van der Waals surface area contributed by atoms with Crippen molar-refractivity contribution in [2.75, 3.05) is 11.5 Å². The van der Waals surface area contributed by atoms with E-state index < -0.39 is 9.84 Å². The summed E-state index contributed by atoms with van der Waals surface area (Å²) in [5.41, 5.74) is -0.299. The molecule has 1 aliphatic rings. The summed E-state index contributed by atoms with van der Waals surface area (Å²) < 4.78 is 22.5. The molecule has 0 spiro atoms. The molecule has 0 aromatic rings. The first-order valence-corrected chi connectivity index (χ1v) is 6.52. The Bertz CT molecular complexity index is 315. The topological polar surface area (TPSA) is 54.5 Å². The minimum absolute atomic E-state index is 0.114. The van der Waals surface area contributed by atoms with Crippen molar-refractivity contribution in [2.45, 2.75) is 38.8 Å². The van der Waals surface area contributed by atoms with E-state index >= 15 is 0 Å². The molecular weight excluding hydrogens is 202 g/mol. The van der Waals surface area contributed by atoms with Crippen LogP contribution >= 0.6 is 0 Å². The van der Waals surface area contributed by atoms with E-state index in [4.69, 9.17) is 0 Å². The summed E-state index contributed by atoms with van der Waals surface area (Å²) in [6.45, 7) is 5.73. The van der Waals surface area contributed by atoms with E-state index in [1.165, 1.54) is 0 Å². The molecule has 5 heteroatoms. The van der Waals surface area contributed by atoms with Crippen molar-refractivity contribution in [1.82, 2.24) is 4.90 Å². The van der Waals surface area contributed by atoms with Crippen molar-refractivity contribution in [3.05, 3.63) is 0 Å². The van der Waals surface area contributed by atoms with Gasteiger partial charge in [-0.15, -0.1) is 0 Å². The Labute approximate surface area is 85.2 Å². The molecule has 0 aliphatic carbocycles. The van der Waals surface area contributed by atoms with Crippen molar-refractivity contribution in [2.24, 2.45) is 0 Å². The van der Waals surface area contributed by atoms with Gasteiger partial charge in [0.1, 0.15) is 0 Å². The fourth-order valence-electron chi connectivity index (χ4n) is 1.79. The van der Waals surface area contributed by atoms with Gasteiger partial charge in [0.05, 0.1) is 11.5 Å². The summed E-state index contributed by atoms with van der Waals surface area (Å²) in [6.07, 6.45) is 1.32. The van der Waals surface area contributed by atoms with Crippen LogP contribution in [0.5, 0.6) is 0 Å². The second-order valence-corrected chi connectivity index (χ2v) is 6.97. The van der Waals surface area contributed by atoms with Gasteiger partial charge in [0.15, 0.2) is 9.84 Å². The van der Waals surface area contributed by atoms with E-state index in [2.05, 4.69) is 0 Å². The normalized spacial score (nSPS) is 26.1. The van der Waals surface area contributed by atoms with Crippen LogP contribution in [-0.4, -0.2) is 42.8 Å². The van der Waals surface area contributed by atoms with Crippen LogP contribution in [0.3, 0.4) is 0 Å². The Kier molecular flexibility index (Phi) is 2.90. The highest BCUT2D eigenvalue weighted by Crippen LogP contribution is 2.23. The summed E-state index contributed by atoms with van der Waals surface area (Å²) >= 11 is 0. The predicted octanol–water partition coefficient (Wildman–Crippen LogP) is 0.430. The molecule has 1 heterocycles. The molecule has 0 aromatic heterocycles. The average molecular weight is 219 g/mol. The van der Waals surface area contributed by atoms with E-state index in [1.54, 1.807) is 4.90 Å². The summed E-state index contributed by atoms with van der Waals surface area (Å²) in [5.74, 6) is 0.321. The highest BCUT2D eigenvalue weighted by Gasteiger charge is 2.36. The molecule has 0 unspecified atom stereocenters. The average Bonchev–Trinajstić information content (AvgIpc) is 2.29. The lowest BCUT2D eigenvalue weighted by molar-refractivity contribution is -0.124. The summed E-state index contributed by atoms with van der Waals surface area (Å²) in [5, 5.41) is 0. The van der Waals surface area contributed by atoms with Gasteiger partial charge in [-0.3, -0.25) is 4.79 Å². The quantitative estimate of drug-likeness (QED) is 0.633. The zero-order chi connectivity index (χ0) is 11.0. The SMILES string of the molecule is CC(C)(C)N(C=O)[C@H]1CCS(=O)(=O)C1. The number of nitrogens with zero attached hydrogens (tertiary/aromatic N) is 1. The second kappa shape index (κ2) is 3.53. The first-order valence-electron chi connectivity index (χ1n) is 4.70. The number of carbonyl (C=O) groups excluding carboxylic acids is 1. The molecule has 0 N–H and O–H groups in total. The maximum Gasteiger partial charge on any atom is 0.210 e. The minimum atomic E-state index is -2.91. The first kappa shape index (κ1) is 11.5. The summed E-state index contributed by atoms with van der Waals surface area (Å²) in [4.78, 5) is 12.5. The van der Waals surface area contributed by atoms with E-state index in [9.17, 15) is 13.2 Å². The molecule has 4 nitrogen and oxygen atoms in total. The summed E-state index contributed by atoms with van der Waals surface area (Å²) in [7, 11) is -2.91. The zero-order valence-electron chi connectivity index (χ0n) is 8.86. The lowest BCUT2D eigenvalue weighted by Gasteiger charge is -2.36. The van der Waals surface area contributed by atoms with E-state index in [0.29, 0.717) is 6.42 Å². The van der Waals surface area contributed by atoms with Gasteiger partial charge in [0.2, 0.25) is 6.41 Å². The molecule has 0 aromatic carbocycles. The third kappa shape index (κ3) is 2.47. The van der Waals surface area contributed by atoms with Crippen LogP contribution in [-0.2, 0) is 14.6 Å². The van der Waals surface area contributed by atoms with Crippen LogP contribution in [0.15, 0.2) is 0 Å². The monoisotopic (exact) mass is 219 g/mol. The molecule has 1 fully saturated rings. The fourth-order valence-corrected chi connectivity index (χ4v) is 3.50. The largest absolute Gasteiger partial charge is 0.336 e. The van der Waals surface area contributed by atoms with Crippen LogP contribution in [0, 0.1) is 0 Å². The van der Waals surface area contributed by atoms with Gasteiger partial charge >= 0.3 is 0 Å². The predicted molar refractivity (Wildman–Crippen MR) is 54.7 cm³/mol. The molecule has 14 heavy (non-hydrogen) atoms. The molecule has 0 saturated carbocycles. The smallest absolute Gasteiger partial charge is 0.210 e. The van der Waals surface area contributed by atoms with E-state index in [0.717, 1.165) is 6.41 Å². The Morgan fingerprint density at radius 1 is 1.36 bits per heavy atom. The highest BCUT2D eigenvalue weighted by molar-refractivity contribution is 7.91. The van der Waals surface area contributed by atoms with Crippen molar-refractivity contribution < 1.29 is 13.2 Å². The lowest BCUT2D eigenvalue weighted by Crippen LogP contribution is -2.47. The maximum atomic E-state index is 11.2. The van der Waals surface area contributed by atoms with Gasteiger partial charge in [-0.05, 0) is 27.2 Å². The number of amides is 1. The Hall–Kier alpha value is -0.580. The van der Waals surface area contributed by atoms with E-state index in [-0.39, 0.29) is 23.1 Å². The number of hydrogen-bond donors (Lipinski definition) is 0. The van der Waals surface area contributed by atoms with Gasteiger partial charge in [-0.1, -0.05) is 0 Å².